The summed E-state index contributed by atoms with van der Waals surface area (Å²) in [7, 11) is 0. The summed E-state index contributed by atoms with van der Waals surface area (Å²) in [5, 5.41) is 4.19. The van der Waals surface area contributed by atoms with Gasteiger partial charge in [0.15, 0.2) is 5.65 Å². The quantitative estimate of drug-likeness (QED) is 0.614. The van der Waals surface area contributed by atoms with E-state index >= 15 is 0 Å². The van der Waals surface area contributed by atoms with Gasteiger partial charge in [-0.1, -0.05) is 30.3 Å². The Labute approximate surface area is 139 Å². The SMILES string of the molecule is Cc1cc(-c2c(-c3ccccc3)nc(N)n3ncnc23)cc(C)n1. The van der Waals surface area contributed by atoms with Crippen molar-refractivity contribution >= 4 is 11.6 Å². The van der Waals surface area contributed by atoms with Gasteiger partial charge in [-0.15, -0.1) is 0 Å². The first-order chi connectivity index (χ1) is 11.6. The Morgan fingerprint density at radius 3 is 2.33 bits per heavy atom. The summed E-state index contributed by atoms with van der Waals surface area (Å²) >= 11 is 0. The van der Waals surface area contributed by atoms with Gasteiger partial charge < -0.3 is 5.73 Å². The summed E-state index contributed by atoms with van der Waals surface area (Å²) in [6.07, 6.45) is 1.49. The highest BCUT2D eigenvalue weighted by molar-refractivity contribution is 5.90. The zero-order chi connectivity index (χ0) is 16.7. The molecule has 0 bridgehead atoms. The molecule has 4 aromatic rings. The molecular weight excluding hydrogens is 300 g/mol. The number of anilines is 1. The second-order valence-electron chi connectivity index (χ2n) is 5.69. The van der Waals surface area contributed by atoms with Crippen molar-refractivity contribution in [2.45, 2.75) is 13.8 Å². The predicted molar refractivity (Wildman–Crippen MR) is 93.3 cm³/mol. The molecule has 6 nitrogen and oxygen atoms in total. The number of aromatic nitrogens is 5. The molecule has 0 aliphatic carbocycles. The molecule has 0 atom stereocenters. The number of hydrogen-bond donors (Lipinski definition) is 1. The van der Waals surface area contributed by atoms with Gasteiger partial charge in [0.05, 0.1) is 11.3 Å². The first-order valence-corrected chi connectivity index (χ1v) is 7.64. The number of fused-ring (bicyclic) bond motifs is 1. The normalized spacial score (nSPS) is 11.1. The minimum atomic E-state index is 0.313. The van der Waals surface area contributed by atoms with Crippen molar-refractivity contribution in [3.05, 3.63) is 60.2 Å². The fourth-order valence-electron chi connectivity index (χ4n) is 2.95. The van der Waals surface area contributed by atoms with Crippen molar-refractivity contribution in [3.63, 3.8) is 0 Å². The fourth-order valence-corrected chi connectivity index (χ4v) is 2.95. The summed E-state index contributed by atoms with van der Waals surface area (Å²) in [5.41, 5.74) is 12.3. The first kappa shape index (κ1) is 14.3. The molecule has 0 aliphatic rings. The van der Waals surface area contributed by atoms with E-state index in [0.717, 1.165) is 33.8 Å². The standard InChI is InChI=1S/C18H16N6/c1-11-8-14(9-12(2)22-11)15-16(13-6-4-3-5-7-13)23-18(19)24-17(15)20-10-21-24/h3-10H,1-2H3,(H2,19,23). The summed E-state index contributed by atoms with van der Waals surface area (Å²) in [6.45, 7) is 3.95. The topological polar surface area (TPSA) is 82.0 Å². The van der Waals surface area contributed by atoms with Crippen LogP contribution in [0.4, 0.5) is 5.95 Å². The number of nitrogen functional groups attached to an aromatic ring is 1. The van der Waals surface area contributed by atoms with Gasteiger partial charge in [-0.2, -0.15) is 9.61 Å². The van der Waals surface area contributed by atoms with E-state index in [2.05, 4.69) is 20.1 Å². The Bertz CT molecular complexity index is 1020. The average Bonchev–Trinajstić information content (AvgIpc) is 3.04. The van der Waals surface area contributed by atoms with Crippen LogP contribution >= 0.6 is 0 Å². The number of aryl methyl sites for hydroxylation is 2. The molecule has 0 amide bonds. The van der Waals surface area contributed by atoms with Crippen LogP contribution in [0.3, 0.4) is 0 Å². The lowest BCUT2D eigenvalue weighted by atomic mass is 9.99. The van der Waals surface area contributed by atoms with Gasteiger partial charge in [0.1, 0.15) is 6.33 Å². The van der Waals surface area contributed by atoms with Crippen molar-refractivity contribution in [1.82, 2.24) is 24.6 Å². The van der Waals surface area contributed by atoms with Crippen molar-refractivity contribution in [3.8, 4) is 22.4 Å². The van der Waals surface area contributed by atoms with Crippen molar-refractivity contribution in [2.24, 2.45) is 0 Å². The minimum absolute atomic E-state index is 0.313. The summed E-state index contributed by atoms with van der Waals surface area (Å²) in [6, 6.07) is 14.0. The summed E-state index contributed by atoms with van der Waals surface area (Å²) in [5.74, 6) is 0.313. The molecule has 2 N–H and O–H groups in total. The van der Waals surface area contributed by atoms with Gasteiger partial charge >= 0.3 is 0 Å². The van der Waals surface area contributed by atoms with Gasteiger partial charge in [-0.3, -0.25) is 4.98 Å². The van der Waals surface area contributed by atoms with Crippen molar-refractivity contribution < 1.29 is 0 Å². The van der Waals surface area contributed by atoms with Gasteiger partial charge in [-0.05, 0) is 31.5 Å². The largest absolute Gasteiger partial charge is 0.368 e. The van der Waals surface area contributed by atoms with E-state index in [9.17, 15) is 0 Å². The third-order valence-corrected chi connectivity index (χ3v) is 3.87. The van der Waals surface area contributed by atoms with Crippen LogP contribution in [0.15, 0.2) is 48.8 Å². The molecule has 24 heavy (non-hydrogen) atoms. The fraction of sp³-hybridized carbons (Fsp3) is 0.111. The van der Waals surface area contributed by atoms with E-state index in [0.29, 0.717) is 11.6 Å². The Balaban J connectivity index is 2.12. The van der Waals surface area contributed by atoms with Crippen molar-refractivity contribution in [1.29, 1.82) is 0 Å². The molecule has 118 valence electrons. The lowest BCUT2D eigenvalue weighted by Gasteiger charge is -2.13. The minimum Gasteiger partial charge on any atom is -0.368 e. The van der Waals surface area contributed by atoms with E-state index in [1.807, 2.05) is 56.3 Å². The Kier molecular flexibility index (Phi) is 3.23. The van der Waals surface area contributed by atoms with Gasteiger partial charge in [0, 0.05) is 17.0 Å². The first-order valence-electron chi connectivity index (χ1n) is 7.64. The molecule has 3 heterocycles. The van der Waals surface area contributed by atoms with Crippen LogP contribution in [0.1, 0.15) is 11.4 Å². The Hall–Kier alpha value is -3.28. The molecule has 0 aliphatic heterocycles. The second-order valence-corrected chi connectivity index (χ2v) is 5.69. The molecule has 0 saturated carbocycles. The van der Waals surface area contributed by atoms with E-state index in [1.54, 1.807) is 4.52 Å². The van der Waals surface area contributed by atoms with Crippen LogP contribution in [0.25, 0.3) is 28.0 Å². The molecule has 4 rings (SSSR count). The Morgan fingerprint density at radius 1 is 0.917 bits per heavy atom. The van der Waals surface area contributed by atoms with Crippen LogP contribution < -0.4 is 5.73 Å². The van der Waals surface area contributed by atoms with Crippen LogP contribution in [-0.4, -0.2) is 24.6 Å². The van der Waals surface area contributed by atoms with Crippen molar-refractivity contribution in [2.75, 3.05) is 5.73 Å². The van der Waals surface area contributed by atoms with Crippen LogP contribution in [0.2, 0.25) is 0 Å². The number of nitrogens with two attached hydrogens (primary N) is 1. The third-order valence-electron chi connectivity index (χ3n) is 3.87. The second kappa shape index (κ2) is 5.42. The molecule has 3 aromatic heterocycles. The van der Waals surface area contributed by atoms with E-state index in [1.165, 1.54) is 6.33 Å². The molecule has 0 fully saturated rings. The number of nitrogens with zero attached hydrogens (tertiary/aromatic N) is 5. The molecule has 0 unspecified atom stereocenters. The lowest BCUT2D eigenvalue weighted by molar-refractivity contribution is 0.942. The van der Waals surface area contributed by atoms with Crippen LogP contribution in [-0.2, 0) is 0 Å². The molecular formula is C18H16N6. The molecule has 1 aromatic carbocycles. The summed E-state index contributed by atoms with van der Waals surface area (Å²) < 4.78 is 1.56. The van der Waals surface area contributed by atoms with Crippen LogP contribution in [0.5, 0.6) is 0 Å². The zero-order valence-electron chi connectivity index (χ0n) is 13.4. The maximum absolute atomic E-state index is 6.08. The lowest BCUT2D eigenvalue weighted by Crippen LogP contribution is -2.06. The molecule has 6 heteroatoms. The van der Waals surface area contributed by atoms with Gasteiger partial charge in [0.25, 0.3) is 0 Å². The maximum atomic E-state index is 6.08. The predicted octanol–water partition coefficient (Wildman–Crippen LogP) is 3.05. The van der Waals surface area contributed by atoms with E-state index in [-0.39, 0.29) is 0 Å². The third kappa shape index (κ3) is 2.28. The highest BCUT2D eigenvalue weighted by Crippen LogP contribution is 2.34. The van der Waals surface area contributed by atoms with Crippen LogP contribution in [0, 0.1) is 13.8 Å². The summed E-state index contributed by atoms with van der Waals surface area (Å²) in [4.78, 5) is 13.5. The monoisotopic (exact) mass is 316 g/mol. The highest BCUT2D eigenvalue weighted by atomic mass is 15.3. The van der Waals surface area contributed by atoms with E-state index in [4.69, 9.17) is 5.73 Å². The maximum Gasteiger partial charge on any atom is 0.223 e. The number of hydrogen-bond acceptors (Lipinski definition) is 5. The zero-order valence-corrected chi connectivity index (χ0v) is 13.4. The Morgan fingerprint density at radius 2 is 1.62 bits per heavy atom. The van der Waals surface area contributed by atoms with E-state index < -0.39 is 0 Å². The molecule has 0 spiro atoms. The molecule has 0 saturated heterocycles. The van der Waals surface area contributed by atoms with Gasteiger partial charge in [0.2, 0.25) is 5.95 Å². The number of pyridine rings is 1. The highest BCUT2D eigenvalue weighted by Gasteiger charge is 2.18. The number of rotatable bonds is 2. The smallest absolute Gasteiger partial charge is 0.223 e. The number of benzene rings is 1. The van der Waals surface area contributed by atoms with Gasteiger partial charge in [-0.25, -0.2) is 9.97 Å². The molecule has 0 radical (unpaired) electrons. The average molecular weight is 316 g/mol.